The molecule has 0 aliphatic carbocycles. The number of aromatic nitrogens is 2. The zero-order valence-corrected chi connectivity index (χ0v) is 16.9. The van der Waals surface area contributed by atoms with E-state index in [1.54, 1.807) is 0 Å². The second kappa shape index (κ2) is 8.99. The van der Waals surface area contributed by atoms with Gasteiger partial charge < -0.3 is 14.8 Å². The van der Waals surface area contributed by atoms with Gasteiger partial charge in [0.1, 0.15) is 5.82 Å². The van der Waals surface area contributed by atoms with Gasteiger partial charge >= 0.3 is 0 Å². The first-order valence-electron chi connectivity index (χ1n) is 9.61. The van der Waals surface area contributed by atoms with Gasteiger partial charge in [0.15, 0.2) is 6.29 Å². The minimum absolute atomic E-state index is 0.172. The number of hydrogen-bond acceptors (Lipinski definition) is 4. The molecular weight excluding hydrogens is 354 g/mol. The normalized spacial score (nSPS) is 11.3. The Labute approximate surface area is 165 Å². The minimum Gasteiger partial charge on any atom is -0.351 e. The number of carbonyl (C=O) groups is 1. The van der Waals surface area contributed by atoms with Gasteiger partial charge in [0, 0.05) is 24.5 Å². The highest BCUT2D eigenvalue weighted by atomic mass is 16.7. The van der Waals surface area contributed by atoms with Crippen LogP contribution >= 0.6 is 0 Å². The van der Waals surface area contributed by atoms with Gasteiger partial charge in [-0.3, -0.25) is 9.36 Å². The number of carbonyl (C=O) groups excluding carboxylic acids is 1. The number of hydrogen-bond donors (Lipinski definition) is 1. The highest BCUT2D eigenvalue weighted by molar-refractivity contribution is 5.97. The van der Waals surface area contributed by atoms with Gasteiger partial charge in [0.25, 0.3) is 5.91 Å². The molecule has 0 aliphatic heterocycles. The zero-order chi connectivity index (χ0) is 20.1. The number of aryl methyl sites for hydroxylation is 2. The Morgan fingerprint density at radius 1 is 1.11 bits per heavy atom. The molecule has 3 aromatic rings. The number of fused-ring (bicyclic) bond motifs is 1. The fourth-order valence-electron chi connectivity index (χ4n) is 3.25. The SMILES string of the molecule is CCOC(CNC(=O)c1ccc2c(c1)nc(C)n2-c1cccc(C)c1)OCC. The summed E-state index contributed by atoms with van der Waals surface area (Å²) in [5, 5.41) is 2.87. The number of nitrogens with zero attached hydrogens (tertiary/aromatic N) is 2. The summed E-state index contributed by atoms with van der Waals surface area (Å²) in [6.07, 6.45) is -0.439. The fourth-order valence-corrected chi connectivity index (χ4v) is 3.25. The maximum Gasteiger partial charge on any atom is 0.251 e. The molecule has 0 radical (unpaired) electrons. The molecule has 0 atom stereocenters. The van der Waals surface area contributed by atoms with E-state index in [-0.39, 0.29) is 5.91 Å². The number of rotatable bonds is 8. The predicted octanol–water partition coefficient (Wildman–Crippen LogP) is 3.77. The van der Waals surface area contributed by atoms with Crippen molar-refractivity contribution in [3.63, 3.8) is 0 Å². The Kier molecular flexibility index (Phi) is 6.44. The lowest BCUT2D eigenvalue weighted by Crippen LogP contribution is -2.35. The van der Waals surface area contributed by atoms with Crippen molar-refractivity contribution in [2.24, 2.45) is 0 Å². The lowest BCUT2D eigenvalue weighted by Gasteiger charge is -2.17. The van der Waals surface area contributed by atoms with Crippen LogP contribution < -0.4 is 5.32 Å². The van der Waals surface area contributed by atoms with Gasteiger partial charge in [0.05, 0.1) is 17.6 Å². The van der Waals surface area contributed by atoms with Crippen LogP contribution in [0, 0.1) is 13.8 Å². The van der Waals surface area contributed by atoms with Crippen molar-refractivity contribution in [1.29, 1.82) is 0 Å². The predicted molar refractivity (Wildman–Crippen MR) is 110 cm³/mol. The first-order chi connectivity index (χ1) is 13.5. The Morgan fingerprint density at radius 3 is 2.54 bits per heavy atom. The monoisotopic (exact) mass is 381 g/mol. The molecular formula is C22H27N3O3. The summed E-state index contributed by atoms with van der Waals surface area (Å²) in [7, 11) is 0. The molecule has 1 amide bonds. The van der Waals surface area contributed by atoms with Crippen LogP contribution in [0.4, 0.5) is 0 Å². The van der Waals surface area contributed by atoms with Crippen molar-refractivity contribution in [1.82, 2.24) is 14.9 Å². The molecule has 1 aromatic heterocycles. The lowest BCUT2D eigenvalue weighted by atomic mass is 10.1. The molecule has 2 aromatic carbocycles. The summed E-state index contributed by atoms with van der Waals surface area (Å²) < 4.78 is 13.0. The van der Waals surface area contributed by atoms with Crippen LogP contribution in [-0.4, -0.2) is 41.5 Å². The standard InChI is InChI=1S/C22H27N3O3/c1-5-27-21(28-6-2)14-23-22(26)17-10-11-20-19(13-17)24-16(4)25(20)18-9-7-8-15(3)12-18/h7-13,21H,5-6,14H2,1-4H3,(H,23,26). The van der Waals surface area contributed by atoms with Gasteiger partial charge in [-0.1, -0.05) is 12.1 Å². The maximum atomic E-state index is 12.6. The molecule has 0 bridgehead atoms. The van der Waals surface area contributed by atoms with E-state index in [2.05, 4.69) is 40.0 Å². The first-order valence-corrected chi connectivity index (χ1v) is 9.61. The topological polar surface area (TPSA) is 65.4 Å². The highest BCUT2D eigenvalue weighted by Crippen LogP contribution is 2.23. The van der Waals surface area contributed by atoms with Crippen molar-refractivity contribution in [2.45, 2.75) is 34.0 Å². The maximum absolute atomic E-state index is 12.6. The molecule has 28 heavy (non-hydrogen) atoms. The molecule has 148 valence electrons. The van der Waals surface area contributed by atoms with Gasteiger partial charge in [-0.25, -0.2) is 4.98 Å². The quantitative estimate of drug-likeness (QED) is 0.603. The second-order valence-electron chi connectivity index (χ2n) is 6.59. The van der Waals surface area contributed by atoms with Crippen LogP contribution in [0.3, 0.4) is 0 Å². The van der Waals surface area contributed by atoms with Crippen molar-refractivity contribution >= 4 is 16.9 Å². The van der Waals surface area contributed by atoms with E-state index in [1.807, 2.05) is 45.0 Å². The third-order valence-corrected chi connectivity index (χ3v) is 4.48. The fraction of sp³-hybridized carbons (Fsp3) is 0.364. The van der Waals surface area contributed by atoms with Crippen LogP contribution in [0.5, 0.6) is 0 Å². The van der Waals surface area contributed by atoms with E-state index >= 15 is 0 Å². The molecule has 1 heterocycles. The number of imidazole rings is 1. The molecule has 0 saturated heterocycles. The van der Waals surface area contributed by atoms with E-state index in [0.29, 0.717) is 25.3 Å². The average molecular weight is 381 g/mol. The molecule has 6 heteroatoms. The number of ether oxygens (including phenoxy) is 2. The average Bonchev–Trinajstić information content (AvgIpc) is 3.01. The van der Waals surface area contributed by atoms with Crippen LogP contribution in [0.15, 0.2) is 42.5 Å². The van der Waals surface area contributed by atoms with E-state index in [0.717, 1.165) is 22.5 Å². The third kappa shape index (κ3) is 4.40. The Morgan fingerprint density at radius 2 is 1.86 bits per heavy atom. The molecule has 1 N–H and O–H groups in total. The lowest BCUT2D eigenvalue weighted by molar-refractivity contribution is -0.131. The van der Waals surface area contributed by atoms with Crippen molar-refractivity contribution in [3.8, 4) is 5.69 Å². The molecule has 0 saturated carbocycles. The van der Waals surface area contributed by atoms with Gasteiger partial charge in [-0.05, 0) is 63.6 Å². The summed E-state index contributed by atoms with van der Waals surface area (Å²) in [6.45, 7) is 9.19. The number of nitrogens with one attached hydrogen (secondary N) is 1. The Bertz CT molecular complexity index is 959. The van der Waals surface area contributed by atoms with E-state index in [1.165, 1.54) is 5.56 Å². The van der Waals surface area contributed by atoms with E-state index in [4.69, 9.17) is 9.47 Å². The van der Waals surface area contributed by atoms with Crippen LogP contribution in [0.25, 0.3) is 16.7 Å². The van der Waals surface area contributed by atoms with Gasteiger partial charge in [-0.15, -0.1) is 0 Å². The minimum atomic E-state index is -0.439. The molecule has 0 aliphatic rings. The highest BCUT2D eigenvalue weighted by Gasteiger charge is 2.15. The summed E-state index contributed by atoms with van der Waals surface area (Å²) >= 11 is 0. The largest absolute Gasteiger partial charge is 0.351 e. The van der Waals surface area contributed by atoms with Crippen LogP contribution in [0.2, 0.25) is 0 Å². The van der Waals surface area contributed by atoms with Crippen molar-refractivity contribution in [3.05, 3.63) is 59.4 Å². The molecule has 3 rings (SSSR count). The second-order valence-corrected chi connectivity index (χ2v) is 6.59. The zero-order valence-electron chi connectivity index (χ0n) is 16.9. The molecule has 0 spiro atoms. The smallest absolute Gasteiger partial charge is 0.251 e. The Balaban J connectivity index is 1.82. The summed E-state index contributed by atoms with van der Waals surface area (Å²) in [5.74, 6) is 0.708. The molecule has 6 nitrogen and oxygen atoms in total. The first kappa shape index (κ1) is 20.0. The number of benzene rings is 2. The van der Waals surface area contributed by atoms with Crippen LogP contribution in [-0.2, 0) is 9.47 Å². The Hall–Kier alpha value is -2.70. The van der Waals surface area contributed by atoms with Gasteiger partial charge in [-0.2, -0.15) is 0 Å². The molecule has 0 fully saturated rings. The van der Waals surface area contributed by atoms with Crippen LogP contribution in [0.1, 0.15) is 35.6 Å². The third-order valence-electron chi connectivity index (χ3n) is 4.48. The molecule has 0 unspecified atom stereocenters. The van der Waals surface area contributed by atoms with Gasteiger partial charge in [0.2, 0.25) is 0 Å². The van der Waals surface area contributed by atoms with E-state index < -0.39 is 6.29 Å². The summed E-state index contributed by atoms with van der Waals surface area (Å²) in [4.78, 5) is 17.2. The summed E-state index contributed by atoms with van der Waals surface area (Å²) in [6, 6.07) is 13.9. The van der Waals surface area contributed by atoms with Crippen molar-refractivity contribution in [2.75, 3.05) is 19.8 Å². The van der Waals surface area contributed by atoms with E-state index in [9.17, 15) is 4.79 Å². The van der Waals surface area contributed by atoms with Crippen molar-refractivity contribution < 1.29 is 14.3 Å². The summed E-state index contributed by atoms with van der Waals surface area (Å²) in [5.41, 5.74) is 4.58. The number of amides is 1.